The number of hydrogen-bond donors (Lipinski definition) is 4. The first-order chi connectivity index (χ1) is 12.9. The van der Waals surface area contributed by atoms with Crippen molar-refractivity contribution < 1.29 is 19.4 Å². The maximum absolute atomic E-state index is 11.7. The Morgan fingerprint density at radius 3 is 2.30 bits per heavy atom. The van der Waals surface area contributed by atoms with Crippen LogP contribution in [0.3, 0.4) is 0 Å². The minimum atomic E-state index is -0.969. The van der Waals surface area contributed by atoms with Crippen molar-refractivity contribution in [3.8, 4) is 16.9 Å². The van der Waals surface area contributed by atoms with Crippen LogP contribution in [0.5, 0.6) is 5.75 Å². The lowest BCUT2D eigenvalue weighted by atomic mass is 10.0. The highest BCUT2D eigenvalue weighted by Crippen LogP contribution is 2.24. The van der Waals surface area contributed by atoms with E-state index in [0.29, 0.717) is 24.3 Å². The van der Waals surface area contributed by atoms with Gasteiger partial charge >= 0.3 is 5.97 Å². The molecule has 2 aromatic carbocycles. The largest absolute Gasteiger partial charge is 0.491 e. The fraction of sp³-hybridized carbons (Fsp3) is 0.250. The summed E-state index contributed by atoms with van der Waals surface area (Å²) in [6, 6.07) is 14.8. The Hall–Kier alpha value is -3.35. The third-order valence-corrected chi connectivity index (χ3v) is 4.54. The second kappa shape index (κ2) is 7.90. The number of nitrogens with two attached hydrogens (primary N) is 1. The predicted molar refractivity (Wildman–Crippen MR) is 101 cm³/mol. The van der Waals surface area contributed by atoms with Gasteiger partial charge in [-0.2, -0.15) is 0 Å². The number of aliphatic carboxylic acids is 1. The van der Waals surface area contributed by atoms with Gasteiger partial charge < -0.3 is 20.9 Å². The van der Waals surface area contributed by atoms with Crippen LogP contribution in [-0.4, -0.2) is 35.5 Å². The number of amidine groups is 1. The lowest BCUT2D eigenvalue weighted by molar-refractivity contribution is -0.140. The summed E-state index contributed by atoms with van der Waals surface area (Å²) >= 11 is 0. The second-order valence-electron chi connectivity index (χ2n) is 6.56. The highest BCUT2D eigenvalue weighted by Gasteiger charge is 2.33. The van der Waals surface area contributed by atoms with Crippen LogP contribution >= 0.6 is 0 Å². The van der Waals surface area contributed by atoms with Crippen molar-refractivity contribution in [3.05, 3.63) is 54.1 Å². The van der Waals surface area contributed by atoms with Gasteiger partial charge in [-0.1, -0.05) is 36.4 Å². The van der Waals surface area contributed by atoms with Crippen LogP contribution in [-0.2, 0) is 9.59 Å². The van der Waals surface area contributed by atoms with E-state index in [2.05, 4.69) is 5.32 Å². The molecule has 5 N–H and O–H groups in total. The van der Waals surface area contributed by atoms with Crippen molar-refractivity contribution in [1.82, 2.24) is 5.32 Å². The molecule has 27 heavy (non-hydrogen) atoms. The SMILES string of the molecule is N=C(N)c1ccc(-c2ccc(OC[C@H]3C[C@H](CC(=O)O)C(=O)N3)cc2)cc1. The quantitative estimate of drug-likeness (QED) is 0.440. The molecule has 0 unspecified atom stereocenters. The van der Waals surface area contributed by atoms with Crippen molar-refractivity contribution in [2.24, 2.45) is 11.7 Å². The number of rotatable bonds is 7. The first-order valence-corrected chi connectivity index (χ1v) is 8.62. The summed E-state index contributed by atoms with van der Waals surface area (Å²) in [5.41, 5.74) is 8.15. The average molecular weight is 367 g/mol. The van der Waals surface area contributed by atoms with E-state index in [1.165, 1.54) is 0 Å². The van der Waals surface area contributed by atoms with Gasteiger partial charge in [-0.3, -0.25) is 15.0 Å². The summed E-state index contributed by atoms with van der Waals surface area (Å²) in [5.74, 6) is -0.972. The smallest absolute Gasteiger partial charge is 0.304 e. The summed E-state index contributed by atoms with van der Waals surface area (Å²) < 4.78 is 5.73. The number of benzene rings is 2. The summed E-state index contributed by atoms with van der Waals surface area (Å²) in [6.45, 7) is 0.300. The van der Waals surface area contributed by atoms with E-state index in [-0.39, 0.29) is 24.2 Å². The van der Waals surface area contributed by atoms with Gasteiger partial charge in [0, 0.05) is 5.56 Å². The van der Waals surface area contributed by atoms with Gasteiger partial charge in [-0.15, -0.1) is 0 Å². The Labute approximate surface area is 156 Å². The number of carbonyl (C=O) groups excluding carboxylic acids is 1. The van der Waals surface area contributed by atoms with Gasteiger partial charge in [0.2, 0.25) is 5.91 Å². The first kappa shape index (κ1) is 18.4. The molecule has 1 amide bonds. The molecule has 0 bridgehead atoms. The fourth-order valence-electron chi connectivity index (χ4n) is 3.11. The normalized spacial score (nSPS) is 18.7. The van der Waals surface area contributed by atoms with Gasteiger partial charge in [-0.25, -0.2) is 0 Å². The van der Waals surface area contributed by atoms with E-state index in [4.69, 9.17) is 21.0 Å². The molecule has 0 aromatic heterocycles. The van der Waals surface area contributed by atoms with E-state index in [9.17, 15) is 9.59 Å². The van der Waals surface area contributed by atoms with Gasteiger partial charge in [-0.05, 0) is 29.7 Å². The Balaban J connectivity index is 1.56. The molecule has 0 aliphatic carbocycles. The van der Waals surface area contributed by atoms with E-state index in [0.717, 1.165) is 11.1 Å². The van der Waals surface area contributed by atoms with Crippen LogP contribution in [0.25, 0.3) is 11.1 Å². The molecule has 1 saturated heterocycles. The maximum atomic E-state index is 11.7. The minimum absolute atomic E-state index is 0.0369. The molecular weight excluding hydrogens is 346 g/mol. The third-order valence-electron chi connectivity index (χ3n) is 4.54. The lowest BCUT2D eigenvalue weighted by Gasteiger charge is -2.12. The van der Waals surface area contributed by atoms with Crippen molar-refractivity contribution in [1.29, 1.82) is 5.41 Å². The molecule has 0 radical (unpaired) electrons. The molecule has 1 aliphatic rings. The summed E-state index contributed by atoms with van der Waals surface area (Å²) in [5, 5.41) is 19.0. The minimum Gasteiger partial charge on any atom is -0.491 e. The van der Waals surface area contributed by atoms with Crippen molar-refractivity contribution in [3.63, 3.8) is 0 Å². The summed E-state index contributed by atoms with van der Waals surface area (Å²) in [4.78, 5) is 22.5. The maximum Gasteiger partial charge on any atom is 0.304 e. The average Bonchev–Trinajstić information content (AvgIpc) is 2.99. The number of carboxylic acids is 1. The molecule has 140 valence electrons. The Kier molecular flexibility index (Phi) is 5.40. The van der Waals surface area contributed by atoms with Crippen LogP contribution in [0.1, 0.15) is 18.4 Å². The second-order valence-corrected chi connectivity index (χ2v) is 6.56. The molecule has 0 spiro atoms. The molecule has 0 saturated carbocycles. The topological polar surface area (TPSA) is 126 Å². The molecule has 3 rings (SSSR count). The number of ether oxygens (including phenoxy) is 1. The van der Waals surface area contributed by atoms with Crippen molar-refractivity contribution in [2.75, 3.05) is 6.61 Å². The zero-order valence-electron chi connectivity index (χ0n) is 14.6. The highest BCUT2D eigenvalue weighted by atomic mass is 16.5. The zero-order valence-corrected chi connectivity index (χ0v) is 14.6. The summed E-state index contributed by atoms with van der Waals surface area (Å²) in [6.07, 6.45) is 0.311. The number of nitrogen functional groups attached to an aromatic ring is 1. The van der Waals surface area contributed by atoms with Gasteiger partial charge in [0.15, 0.2) is 0 Å². The Morgan fingerprint density at radius 1 is 1.15 bits per heavy atom. The van der Waals surface area contributed by atoms with Crippen LogP contribution in [0.15, 0.2) is 48.5 Å². The summed E-state index contributed by atoms with van der Waals surface area (Å²) in [7, 11) is 0. The predicted octanol–water partition coefficient (Wildman–Crippen LogP) is 2.00. The van der Waals surface area contributed by atoms with Crippen LogP contribution in [0.2, 0.25) is 0 Å². The van der Waals surface area contributed by atoms with E-state index >= 15 is 0 Å². The van der Waals surface area contributed by atoms with Crippen LogP contribution < -0.4 is 15.8 Å². The molecule has 1 fully saturated rings. The monoisotopic (exact) mass is 367 g/mol. The number of nitrogens with one attached hydrogen (secondary N) is 2. The van der Waals surface area contributed by atoms with Crippen molar-refractivity contribution in [2.45, 2.75) is 18.9 Å². The first-order valence-electron chi connectivity index (χ1n) is 8.62. The molecular formula is C20H21N3O4. The number of hydrogen-bond acceptors (Lipinski definition) is 4. The van der Waals surface area contributed by atoms with E-state index < -0.39 is 11.9 Å². The standard InChI is InChI=1S/C20H21N3O4/c21-19(22)14-3-1-12(2-4-14)13-5-7-17(8-6-13)27-11-16-9-15(10-18(24)25)20(26)23-16/h1-8,15-16H,9-11H2,(H3,21,22)(H,23,26)(H,24,25)/t15-,16-/m1/s1. The highest BCUT2D eigenvalue weighted by molar-refractivity contribution is 5.95. The Morgan fingerprint density at radius 2 is 1.74 bits per heavy atom. The third kappa shape index (κ3) is 4.63. The zero-order chi connectivity index (χ0) is 19.4. The molecule has 2 aromatic rings. The van der Waals surface area contributed by atoms with E-state index in [1.807, 2.05) is 36.4 Å². The lowest BCUT2D eigenvalue weighted by Crippen LogP contribution is -2.31. The fourth-order valence-corrected chi connectivity index (χ4v) is 3.11. The van der Waals surface area contributed by atoms with Gasteiger partial charge in [0.25, 0.3) is 0 Å². The molecule has 7 heteroatoms. The number of carboxylic acid groups (broad SMARTS) is 1. The van der Waals surface area contributed by atoms with Crippen LogP contribution in [0, 0.1) is 11.3 Å². The molecule has 7 nitrogen and oxygen atoms in total. The van der Waals surface area contributed by atoms with E-state index in [1.54, 1.807) is 12.1 Å². The molecule has 1 heterocycles. The van der Waals surface area contributed by atoms with Gasteiger partial charge in [0.05, 0.1) is 18.4 Å². The van der Waals surface area contributed by atoms with Crippen molar-refractivity contribution >= 4 is 17.7 Å². The number of carbonyl (C=O) groups is 2. The Bertz CT molecular complexity index is 847. The molecule has 2 atom stereocenters. The van der Waals surface area contributed by atoms with Gasteiger partial charge in [0.1, 0.15) is 18.2 Å². The number of amides is 1. The van der Waals surface area contributed by atoms with Crippen LogP contribution in [0.4, 0.5) is 0 Å². The molecule has 1 aliphatic heterocycles.